The fraction of sp³-hybridized carbons (Fsp3) is 0.562. The van der Waals surface area contributed by atoms with Crippen LogP contribution in [0.5, 0.6) is 11.5 Å². The number of anilines is 1. The zero-order chi connectivity index (χ0) is 14.1. The topological polar surface area (TPSA) is 47.6 Å². The van der Waals surface area contributed by atoms with Gasteiger partial charge in [-0.15, -0.1) is 0 Å². The molecule has 2 fully saturated rings. The number of nitrogens with one attached hydrogen (secondary N) is 1. The number of fused-ring (bicyclic) bond motifs is 2. The van der Waals surface area contributed by atoms with Gasteiger partial charge in [0.15, 0.2) is 11.5 Å². The molecule has 2 aliphatic rings. The van der Waals surface area contributed by atoms with E-state index in [1.807, 2.05) is 18.2 Å². The Morgan fingerprint density at radius 1 is 1.15 bits per heavy atom. The average Bonchev–Trinajstić information content (AvgIpc) is 3.09. The predicted octanol–water partition coefficient (Wildman–Crippen LogP) is 3.08. The minimum atomic E-state index is 0.157. The van der Waals surface area contributed by atoms with Crippen LogP contribution in [0.15, 0.2) is 18.2 Å². The lowest BCUT2D eigenvalue weighted by Crippen LogP contribution is -2.27. The van der Waals surface area contributed by atoms with Crippen molar-refractivity contribution in [3.05, 3.63) is 18.2 Å². The van der Waals surface area contributed by atoms with E-state index in [0.717, 1.165) is 18.0 Å². The third-order valence-corrected chi connectivity index (χ3v) is 4.73. The van der Waals surface area contributed by atoms with Crippen LogP contribution < -0.4 is 14.8 Å². The van der Waals surface area contributed by atoms with Crippen LogP contribution >= 0.6 is 0 Å². The number of benzene rings is 1. The second-order valence-electron chi connectivity index (χ2n) is 5.84. The highest BCUT2D eigenvalue weighted by atomic mass is 16.5. The fourth-order valence-electron chi connectivity index (χ4n) is 3.71. The molecular formula is C16H21NO3. The molecule has 1 aromatic rings. The number of hydrogen-bond donors (Lipinski definition) is 1. The van der Waals surface area contributed by atoms with E-state index in [1.54, 1.807) is 14.2 Å². The molecule has 3 atom stereocenters. The summed E-state index contributed by atoms with van der Waals surface area (Å²) >= 11 is 0. The Bertz CT molecular complexity index is 514. The molecule has 4 nitrogen and oxygen atoms in total. The molecule has 2 bridgehead atoms. The van der Waals surface area contributed by atoms with Crippen molar-refractivity contribution in [1.29, 1.82) is 0 Å². The van der Waals surface area contributed by atoms with Gasteiger partial charge in [-0.25, -0.2) is 0 Å². The Labute approximate surface area is 119 Å². The maximum Gasteiger partial charge on any atom is 0.227 e. The Balaban J connectivity index is 1.70. The van der Waals surface area contributed by atoms with E-state index >= 15 is 0 Å². The molecule has 3 rings (SSSR count). The van der Waals surface area contributed by atoms with Crippen LogP contribution in [0.25, 0.3) is 0 Å². The van der Waals surface area contributed by atoms with Gasteiger partial charge in [-0.1, -0.05) is 6.42 Å². The summed E-state index contributed by atoms with van der Waals surface area (Å²) < 4.78 is 10.5. The molecule has 108 valence electrons. The van der Waals surface area contributed by atoms with Crippen molar-refractivity contribution >= 4 is 11.6 Å². The second kappa shape index (κ2) is 5.35. The molecule has 0 unspecified atom stereocenters. The summed E-state index contributed by atoms with van der Waals surface area (Å²) in [6, 6.07) is 5.48. The Morgan fingerprint density at radius 3 is 2.55 bits per heavy atom. The molecule has 2 saturated carbocycles. The van der Waals surface area contributed by atoms with Crippen LogP contribution in [0, 0.1) is 17.8 Å². The highest BCUT2D eigenvalue weighted by Gasteiger charge is 2.43. The van der Waals surface area contributed by atoms with Crippen molar-refractivity contribution < 1.29 is 14.3 Å². The van der Waals surface area contributed by atoms with Gasteiger partial charge >= 0.3 is 0 Å². The molecule has 0 aliphatic heterocycles. The highest BCUT2D eigenvalue weighted by molar-refractivity contribution is 5.93. The van der Waals surface area contributed by atoms with Gasteiger partial charge in [-0.3, -0.25) is 4.79 Å². The fourth-order valence-corrected chi connectivity index (χ4v) is 3.71. The van der Waals surface area contributed by atoms with Crippen LogP contribution in [0.3, 0.4) is 0 Å². The molecule has 2 aliphatic carbocycles. The Morgan fingerprint density at radius 2 is 1.95 bits per heavy atom. The van der Waals surface area contributed by atoms with Gasteiger partial charge in [0.05, 0.1) is 14.2 Å². The minimum absolute atomic E-state index is 0.157. The zero-order valence-electron chi connectivity index (χ0n) is 12.0. The summed E-state index contributed by atoms with van der Waals surface area (Å²) in [7, 11) is 3.20. The van der Waals surface area contributed by atoms with Gasteiger partial charge in [0.2, 0.25) is 5.91 Å². The second-order valence-corrected chi connectivity index (χ2v) is 5.84. The first kappa shape index (κ1) is 13.3. The standard InChI is InChI=1S/C16H21NO3/c1-19-14-6-5-12(9-15(14)20-2)17-16(18)13-8-10-3-4-11(13)7-10/h5-6,9-11,13H,3-4,7-8H2,1-2H3,(H,17,18)/t10-,11+,13+/m1/s1. The quantitative estimate of drug-likeness (QED) is 0.918. The van der Waals surface area contributed by atoms with Crippen molar-refractivity contribution in [2.45, 2.75) is 25.7 Å². The van der Waals surface area contributed by atoms with E-state index in [-0.39, 0.29) is 11.8 Å². The first-order valence-electron chi connectivity index (χ1n) is 7.24. The average molecular weight is 275 g/mol. The lowest BCUT2D eigenvalue weighted by Gasteiger charge is -2.21. The third kappa shape index (κ3) is 2.35. The van der Waals surface area contributed by atoms with Crippen molar-refractivity contribution in [2.75, 3.05) is 19.5 Å². The molecule has 1 N–H and O–H groups in total. The molecule has 0 heterocycles. The van der Waals surface area contributed by atoms with E-state index < -0.39 is 0 Å². The summed E-state index contributed by atoms with van der Waals surface area (Å²) in [6.45, 7) is 0. The van der Waals surface area contributed by atoms with Gasteiger partial charge in [-0.05, 0) is 43.2 Å². The first-order chi connectivity index (χ1) is 9.71. The van der Waals surface area contributed by atoms with Crippen molar-refractivity contribution in [2.24, 2.45) is 17.8 Å². The van der Waals surface area contributed by atoms with Crippen LogP contribution in [0.4, 0.5) is 5.69 Å². The highest BCUT2D eigenvalue weighted by Crippen LogP contribution is 2.48. The van der Waals surface area contributed by atoms with Crippen molar-refractivity contribution in [1.82, 2.24) is 0 Å². The van der Waals surface area contributed by atoms with Crippen LogP contribution in [-0.4, -0.2) is 20.1 Å². The molecule has 20 heavy (non-hydrogen) atoms. The van der Waals surface area contributed by atoms with Crippen LogP contribution in [0.1, 0.15) is 25.7 Å². The molecule has 0 aromatic heterocycles. The number of methoxy groups -OCH3 is 2. The van der Waals surface area contributed by atoms with Crippen molar-refractivity contribution in [3.8, 4) is 11.5 Å². The molecule has 0 radical (unpaired) electrons. The third-order valence-electron chi connectivity index (χ3n) is 4.73. The van der Waals surface area contributed by atoms with E-state index in [0.29, 0.717) is 17.4 Å². The normalized spacial score (nSPS) is 27.4. The molecule has 0 saturated heterocycles. The smallest absolute Gasteiger partial charge is 0.227 e. The van der Waals surface area contributed by atoms with Crippen LogP contribution in [-0.2, 0) is 4.79 Å². The molecular weight excluding hydrogens is 254 g/mol. The minimum Gasteiger partial charge on any atom is -0.493 e. The summed E-state index contributed by atoms with van der Waals surface area (Å²) in [5, 5.41) is 3.02. The van der Waals surface area contributed by atoms with Gasteiger partial charge < -0.3 is 14.8 Å². The van der Waals surface area contributed by atoms with E-state index in [4.69, 9.17) is 9.47 Å². The van der Waals surface area contributed by atoms with Crippen molar-refractivity contribution in [3.63, 3.8) is 0 Å². The van der Waals surface area contributed by atoms with E-state index in [9.17, 15) is 4.79 Å². The Hall–Kier alpha value is -1.71. The van der Waals surface area contributed by atoms with Crippen LogP contribution in [0.2, 0.25) is 0 Å². The summed E-state index contributed by atoms with van der Waals surface area (Å²) in [5.74, 6) is 3.04. The number of ether oxygens (including phenoxy) is 2. The summed E-state index contributed by atoms with van der Waals surface area (Å²) in [6.07, 6.45) is 4.83. The maximum absolute atomic E-state index is 12.4. The molecule has 0 spiro atoms. The molecule has 1 aromatic carbocycles. The number of carbonyl (C=O) groups is 1. The maximum atomic E-state index is 12.4. The zero-order valence-corrected chi connectivity index (χ0v) is 12.0. The lowest BCUT2D eigenvalue weighted by molar-refractivity contribution is -0.121. The number of amides is 1. The summed E-state index contributed by atoms with van der Waals surface area (Å²) in [4.78, 5) is 12.4. The SMILES string of the molecule is COc1ccc(NC(=O)[C@H]2C[C@@H]3CC[C@H]2C3)cc1OC. The van der Waals surface area contributed by atoms with E-state index in [2.05, 4.69) is 5.32 Å². The van der Waals surface area contributed by atoms with E-state index in [1.165, 1.54) is 19.3 Å². The monoisotopic (exact) mass is 275 g/mol. The van der Waals surface area contributed by atoms with Gasteiger partial charge in [0, 0.05) is 17.7 Å². The van der Waals surface area contributed by atoms with Gasteiger partial charge in [0.25, 0.3) is 0 Å². The number of carbonyl (C=O) groups excluding carboxylic acids is 1. The summed E-state index contributed by atoms with van der Waals surface area (Å²) in [5.41, 5.74) is 0.774. The number of rotatable bonds is 4. The number of hydrogen-bond acceptors (Lipinski definition) is 3. The Kier molecular flexibility index (Phi) is 3.55. The van der Waals surface area contributed by atoms with Gasteiger partial charge in [-0.2, -0.15) is 0 Å². The predicted molar refractivity (Wildman–Crippen MR) is 77.1 cm³/mol. The van der Waals surface area contributed by atoms with Gasteiger partial charge in [0.1, 0.15) is 0 Å². The largest absolute Gasteiger partial charge is 0.493 e. The molecule has 1 amide bonds. The lowest BCUT2D eigenvalue weighted by atomic mass is 9.88. The first-order valence-corrected chi connectivity index (χ1v) is 7.24. The molecule has 4 heteroatoms.